The van der Waals surface area contributed by atoms with Crippen molar-refractivity contribution in [2.75, 3.05) is 0 Å². The largest absolute Gasteiger partial charge is 0.573 e. The number of hydrogen-bond acceptors (Lipinski definition) is 5. The third-order valence-electron chi connectivity index (χ3n) is 5.24. The first-order valence-corrected chi connectivity index (χ1v) is 10.8. The van der Waals surface area contributed by atoms with Crippen LogP contribution in [0.3, 0.4) is 0 Å². The molecule has 164 valence electrons. The Hall–Kier alpha value is -2.92. The minimum Gasteiger partial charge on any atom is -0.406 e. The molecule has 4 rings (SSSR count). The van der Waals surface area contributed by atoms with E-state index in [0.29, 0.717) is 17.5 Å². The Morgan fingerprint density at radius 3 is 2.48 bits per heavy atom. The van der Waals surface area contributed by atoms with Crippen LogP contribution >= 0.6 is 0 Å². The molecular formula is C20H17F3N2O5S. The molecule has 1 fully saturated rings. The van der Waals surface area contributed by atoms with Crippen LogP contribution in [0.5, 0.6) is 5.75 Å². The number of halogens is 3. The Labute approximate surface area is 175 Å². The molecule has 31 heavy (non-hydrogen) atoms. The number of ether oxygens (including phenoxy) is 1. The predicted octanol–water partition coefficient (Wildman–Crippen LogP) is 2.81. The van der Waals surface area contributed by atoms with Crippen LogP contribution in [-0.2, 0) is 32.7 Å². The van der Waals surface area contributed by atoms with E-state index in [1.165, 1.54) is 12.1 Å². The van der Waals surface area contributed by atoms with Crippen molar-refractivity contribution in [1.82, 2.24) is 9.62 Å². The van der Waals surface area contributed by atoms with Crippen molar-refractivity contribution >= 4 is 21.8 Å². The van der Waals surface area contributed by atoms with Crippen LogP contribution in [-0.4, -0.2) is 30.9 Å². The van der Waals surface area contributed by atoms with Crippen molar-refractivity contribution in [1.29, 1.82) is 0 Å². The molecule has 2 aromatic carbocycles. The Kier molecular flexibility index (Phi) is 5.26. The number of benzene rings is 2. The molecule has 2 aliphatic heterocycles. The number of imide groups is 1. The number of hydrogen-bond donors (Lipinski definition) is 1. The van der Waals surface area contributed by atoms with Crippen molar-refractivity contribution in [3.05, 3.63) is 59.2 Å². The van der Waals surface area contributed by atoms with Gasteiger partial charge in [0.25, 0.3) is 0 Å². The van der Waals surface area contributed by atoms with Crippen LogP contribution in [0.1, 0.15) is 35.4 Å². The minimum atomic E-state index is -4.93. The summed E-state index contributed by atoms with van der Waals surface area (Å²) in [6, 6.07) is 9.45. The van der Waals surface area contributed by atoms with Gasteiger partial charge >= 0.3 is 6.36 Å². The molecular weight excluding hydrogens is 437 g/mol. The number of nitrogens with one attached hydrogen (secondary N) is 1. The van der Waals surface area contributed by atoms with Crippen molar-refractivity contribution in [2.45, 2.75) is 43.1 Å². The molecule has 0 radical (unpaired) electrons. The fourth-order valence-corrected chi connectivity index (χ4v) is 5.19. The average Bonchev–Trinajstić information content (AvgIpc) is 3.11. The summed E-state index contributed by atoms with van der Waals surface area (Å²) in [6.07, 6.45) is -4.33. The third-order valence-corrected chi connectivity index (χ3v) is 7.03. The summed E-state index contributed by atoms with van der Waals surface area (Å²) in [5.74, 6) is -1.83. The zero-order valence-electron chi connectivity index (χ0n) is 16.0. The first-order chi connectivity index (χ1) is 14.5. The summed E-state index contributed by atoms with van der Waals surface area (Å²) in [7, 11) is -4.08. The summed E-state index contributed by atoms with van der Waals surface area (Å²) in [5, 5.41) is 2.30. The number of alkyl halides is 3. The van der Waals surface area contributed by atoms with Crippen molar-refractivity contribution in [3.8, 4) is 5.75 Å². The van der Waals surface area contributed by atoms with Gasteiger partial charge in [-0.15, -0.1) is 13.2 Å². The Morgan fingerprint density at radius 2 is 1.77 bits per heavy atom. The van der Waals surface area contributed by atoms with Crippen LogP contribution in [0.4, 0.5) is 13.2 Å². The van der Waals surface area contributed by atoms with Gasteiger partial charge < -0.3 is 4.74 Å². The van der Waals surface area contributed by atoms with Crippen LogP contribution in [0.2, 0.25) is 0 Å². The fourth-order valence-electron chi connectivity index (χ4n) is 3.76. The predicted molar refractivity (Wildman–Crippen MR) is 101 cm³/mol. The number of fused-ring (bicyclic) bond motifs is 1. The molecule has 7 nitrogen and oxygen atoms in total. The molecule has 0 aromatic heterocycles. The number of nitrogens with zero attached hydrogens (tertiary/aromatic N) is 1. The van der Waals surface area contributed by atoms with Crippen LogP contribution in [0.25, 0.3) is 0 Å². The highest BCUT2D eigenvalue weighted by atomic mass is 32.2. The molecule has 2 heterocycles. The molecule has 0 bridgehead atoms. The third kappa shape index (κ3) is 4.42. The highest BCUT2D eigenvalue weighted by molar-refractivity contribution is 7.89. The summed E-state index contributed by atoms with van der Waals surface area (Å²) in [5.41, 5.74) is 2.12. The van der Waals surface area contributed by atoms with Gasteiger partial charge in [0.1, 0.15) is 5.75 Å². The van der Waals surface area contributed by atoms with E-state index >= 15 is 0 Å². The maximum atomic E-state index is 13.0. The van der Waals surface area contributed by atoms with Gasteiger partial charge in [0, 0.05) is 25.6 Å². The van der Waals surface area contributed by atoms with Crippen LogP contribution < -0.4 is 10.1 Å². The lowest BCUT2D eigenvalue weighted by molar-refractivity contribution is -0.274. The number of amides is 2. The molecule has 1 N–H and O–H groups in total. The maximum Gasteiger partial charge on any atom is 0.573 e. The molecule has 0 saturated carbocycles. The normalized spacial score (nSPS) is 19.8. The molecule has 1 atom stereocenters. The number of rotatable bonds is 4. The summed E-state index contributed by atoms with van der Waals surface area (Å²) >= 11 is 0. The Morgan fingerprint density at radius 1 is 1.03 bits per heavy atom. The van der Waals surface area contributed by atoms with E-state index in [0.717, 1.165) is 22.0 Å². The quantitative estimate of drug-likeness (QED) is 0.718. The number of sulfonamides is 1. The first kappa shape index (κ1) is 21.3. The van der Waals surface area contributed by atoms with Crippen LogP contribution in [0.15, 0.2) is 47.4 Å². The van der Waals surface area contributed by atoms with Crippen LogP contribution in [0, 0.1) is 0 Å². The van der Waals surface area contributed by atoms with Gasteiger partial charge in [0.2, 0.25) is 21.8 Å². The van der Waals surface area contributed by atoms with Gasteiger partial charge in [0.05, 0.1) is 10.8 Å². The van der Waals surface area contributed by atoms with E-state index in [4.69, 9.17) is 0 Å². The fraction of sp³-hybridized carbons (Fsp3) is 0.300. The van der Waals surface area contributed by atoms with E-state index in [9.17, 15) is 31.2 Å². The zero-order valence-corrected chi connectivity index (χ0v) is 16.8. The number of carbonyl (C=O) groups excluding carboxylic acids is 2. The van der Waals surface area contributed by atoms with Gasteiger partial charge in [-0.25, -0.2) is 8.42 Å². The second kappa shape index (κ2) is 7.65. The molecule has 1 unspecified atom stereocenters. The average molecular weight is 454 g/mol. The highest BCUT2D eigenvalue weighted by Crippen LogP contribution is 2.34. The van der Waals surface area contributed by atoms with Crippen molar-refractivity contribution in [2.24, 2.45) is 0 Å². The lowest BCUT2D eigenvalue weighted by atomic mass is 9.89. The van der Waals surface area contributed by atoms with Gasteiger partial charge in [0.15, 0.2) is 0 Å². The van der Waals surface area contributed by atoms with Gasteiger partial charge in [-0.1, -0.05) is 24.3 Å². The summed E-state index contributed by atoms with van der Waals surface area (Å²) in [6.45, 7) is 0.0702. The van der Waals surface area contributed by atoms with E-state index < -0.39 is 28.1 Å². The Balaban J connectivity index is 1.55. The lowest BCUT2D eigenvalue weighted by Gasteiger charge is -2.21. The van der Waals surface area contributed by atoms with E-state index in [2.05, 4.69) is 10.1 Å². The second-order valence-corrected chi connectivity index (χ2v) is 9.27. The highest BCUT2D eigenvalue weighted by Gasteiger charge is 2.35. The molecule has 1 saturated heterocycles. The second-order valence-electron chi connectivity index (χ2n) is 7.33. The molecule has 11 heteroatoms. The smallest absolute Gasteiger partial charge is 0.406 e. The SMILES string of the molecule is O=C1CCC(c2ccc3c(c2)CN(S(=O)(=O)c2cccc(OC(F)(F)F)c2)C3)C(=O)N1. The summed E-state index contributed by atoms with van der Waals surface area (Å²) in [4.78, 5) is 23.2. The molecule has 2 aliphatic rings. The monoisotopic (exact) mass is 454 g/mol. The molecule has 2 aromatic rings. The van der Waals surface area contributed by atoms with Gasteiger partial charge in [-0.3, -0.25) is 14.9 Å². The van der Waals surface area contributed by atoms with Crippen molar-refractivity contribution < 1.29 is 35.9 Å². The first-order valence-electron chi connectivity index (χ1n) is 9.34. The Bertz CT molecular complexity index is 1160. The molecule has 0 spiro atoms. The van der Waals surface area contributed by atoms with Gasteiger partial charge in [-0.2, -0.15) is 4.31 Å². The number of piperidine rings is 1. The summed E-state index contributed by atoms with van der Waals surface area (Å²) < 4.78 is 68.3. The lowest BCUT2D eigenvalue weighted by Crippen LogP contribution is -2.39. The van der Waals surface area contributed by atoms with E-state index in [-0.39, 0.29) is 36.2 Å². The minimum absolute atomic E-state index is 0.0170. The zero-order chi connectivity index (χ0) is 22.4. The standard InChI is InChI=1S/C20H17F3N2O5S/c21-20(22,23)30-15-2-1-3-16(9-15)31(28,29)25-10-13-5-4-12(8-14(13)11-25)17-6-7-18(26)24-19(17)27/h1-5,8-9,17H,6-7,10-11H2,(H,24,26,27). The van der Waals surface area contributed by atoms with E-state index in [1.807, 2.05) is 0 Å². The molecule has 0 aliphatic carbocycles. The molecule has 2 amide bonds. The maximum absolute atomic E-state index is 13.0. The van der Waals surface area contributed by atoms with E-state index in [1.54, 1.807) is 18.2 Å². The van der Waals surface area contributed by atoms with Crippen molar-refractivity contribution in [3.63, 3.8) is 0 Å². The topological polar surface area (TPSA) is 92.8 Å². The van der Waals surface area contributed by atoms with Gasteiger partial charge in [-0.05, 0) is 35.2 Å². The number of carbonyl (C=O) groups is 2.